The SMILES string of the molecule is CC.CCCCCc1c2ccccc2c(CCCC)c2ccc(/C(=C/C=C/c3cccc4ccccc34)SC)cc12. The van der Waals surface area contributed by atoms with Crippen molar-refractivity contribution in [3.8, 4) is 0 Å². The van der Waals surface area contributed by atoms with Crippen LogP contribution in [0.3, 0.4) is 0 Å². The molecule has 0 fully saturated rings. The number of thioether (sulfide) groups is 1. The molecular formula is C40H46S. The molecule has 0 nitrogen and oxygen atoms in total. The number of fused-ring (bicyclic) bond motifs is 3. The molecule has 0 saturated carbocycles. The van der Waals surface area contributed by atoms with E-state index < -0.39 is 0 Å². The molecule has 212 valence electrons. The van der Waals surface area contributed by atoms with Crippen LogP contribution in [0.2, 0.25) is 0 Å². The molecule has 0 aliphatic heterocycles. The minimum atomic E-state index is 1.14. The maximum atomic E-state index is 2.48. The fourth-order valence-electron chi connectivity index (χ4n) is 5.87. The van der Waals surface area contributed by atoms with Gasteiger partial charge in [-0.05, 0) is 98.7 Å². The third-order valence-electron chi connectivity index (χ3n) is 7.91. The second-order valence-electron chi connectivity index (χ2n) is 10.5. The smallest absolute Gasteiger partial charge is 0.0142 e. The van der Waals surface area contributed by atoms with Gasteiger partial charge in [-0.15, -0.1) is 11.8 Å². The second-order valence-corrected chi connectivity index (χ2v) is 11.3. The lowest BCUT2D eigenvalue weighted by atomic mass is 9.87. The van der Waals surface area contributed by atoms with E-state index in [1.54, 1.807) is 0 Å². The normalized spacial score (nSPS) is 11.9. The Morgan fingerprint density at radius 3 is 1.95 bits per heavy atom. The number of aryl methyl sites for hydroxylation is 2. The molecule has 1 heteroatoms. The molecule has 5 rings (SSSR count). The van der Waals surface area contributed by atoms with Gasteiger partial charge in [0.2, 0.25) is 0 Å². The number of hydrogen-bond donors (Lipinski definition) is 0. The number of allylic oxidation sites excluding steroid dienone is 2. The summed E-state index contributed by atoms with van der Waals surface area (Å²) in [7, 11) is 0. The highest BCUT2D eigenvalue weighted by atomic mass is 32.2. The zero-order valence-electron chi connectivity index (χ0n) is 25.7. The van der Waals surface area contributed by atoms with Crippen LogP contribution in [0.4, 0.5) is 0 Å². The highest BCUT2D eigenvalue weighted by molar-refractivity contribution is 8.07. The van der Waals surface area contributed by atoms with Crippen molar-refractivity contribution in [1.29, 1.82) is 0 Å². The van der Waals surface area contributed by atoms with Crippen LogP contribution in [0.25, 0.3) is 43.3 Å². The van der Waals surface area contributed by atoms with Gasteiger partial charge in [-0.1, -0.05) is 138 Å². The first kappa shape index (κ1) is 30.7. The van der Waals surface area contributed by atoms with E-state index in [9.17, 15) is 0 Å². The van der Waals surface area contributed by atoms with Gasteiger partial charge in [0, 0.05) is 4.91 Å². The highest BCUT2D eigenvalue weighted by Gasteiger charge is 2.15. The quantitative estimate of drug-likeness (QED) is 0.0882. The summed E-state index contributed by atoms with van der Waals surface area (Å²) in [6, 6.07) is 31.5. The van der Waals surface area contributed by atoms with Crippen LogP contribution >= 0.6 is 11.8 Å². The maximum Gasteiger partial charge on any atom is 0.0142 e. The van der Waals surface area contributed by atoms with Gasteiger partial charge < -0.3 is 0 Å². The zero-order valence-corrected chi connectivity index (χ0v) is 26.5. The van der Waals surface area contributed by atoms with Gasteiger partial charge in [0.25, 0.3) is 0 Å². The van der Waals surface area contributed by atoms with E-state index in [2.05, 4.69) is 123 Å². The molecule has 0 spiro atoms. The monoisotopic (exact) mass is 558 g/mol. The van der Waals surface area contributed by atoms with Crippen LogP contribution in [-0.4, -0.2) is 6.26 Å². The van der Waals surface area contributed by atoms with E-state index in [1.165, 1.54) is 91.6 Å². The molecule has 0 amide bonds. The van der Waals surface area contributed by atoms with E-state index in [0.29, 0.717) is 0 Å². The van der Waals surface area contributed by atoms with Crippen molar-refractivity contribution < 1.29 is 0 Å². The van der Waals surface area contributed by atoms with Crippen LogP contribution in [0.15, 0.2) is 97.1 Å². The van der Waals surface area contributed by atoms with E-state index in [4.69, 9.17) is 0 Å². The molecule has 5 aromatic carbocycles. The predicted octanol–water partition coefficient (Wildman–Crippen LogP) is 12.7. The van der Waals surface area contributed by atoms with Gasteiger partial charge in [0.05, 0.1) is 0 Å². The van der Waals surface area contributed by atoms with Crippen molar-refractivity contribution in [2.75, 3.05) is 6.26 Å². The van der Waals surface area contributed by atoms with Crippen molar-refractivity contribution in [2.24, 2.45) is 0 Å². The molecule has 0 aliphatic rings. The largest absolute Gasteiger partial charge is 0.129 e. The first-order valence-electron chi connectivity index (χ1n) is 15.6. The molecule has 0 heterocycles. The fraction of sp³-hybridized carbons (Fsp3) is 0.300. The summed E-state index contributed by atoms with van der Waals surface area (Å²) < 4.78 is 0. The molecule has 0 unspecified atom stereocenters. The number of rotatable bonds is 11. The Labute approximate surface area is 252 Å². The summed E-state index contributed by atoms with van der Waals surface area (Å²) >= 11 is 1.83. The minimum absolute atomic E-state index is 1.14. The third-order valence-corrected chi connectivity index (χ3v) is 8.72. The minimum Gasteiger partial charge on any atom is -0.129 e. The Morgan fingerprint density at radius 1 is 0.634 bits per heavy atom. The van der Waals surface area contributed by atoms with E-state index >= 15 is 0 Å². The van der Waals surface area contributed by atoms with Crippen molar-refractivity contribution in [2.45, 2.75) is 72.6 Å². The summed E-state index contributed by atoms with van der Waals surface area (Å²) in [5.41, 5.74) is 5.63. The number of unbranched alkanes of at least 4 members (excludes halogenated alkanes) is 3. The summed E-state index contributed by atoms with van der Waals surface area (Å²) in [6.45, 7) is 8.59. The summed E-state index contributed by atoms with van der Waals surface area (Å²) in [5.74, 6) is 0. The van der Waals surface area contributed by atoms with Crippen molar-refractivity contribution in [1.82, 2.24) is 0 Å². The van der Waals surface area contributed by atoms with Crippen LogP contribution in [-0.2, 0) is 12.8 Å². The summed E-state index contributed by atoms with van der Waals surface area (Å²) in [6.07, 6.45) is 17.4. The molecule has 0 atom stereocenters. The highest BCUT2D eigenvalue weighted by Crippen LogP contribution is 2.38. The molecular weight excluding hydrogens is 513 g/mol. The van der Waals surface area contributed by atoms with E-state index in [0.717, 1.165) is 12.8 Å². The third kappa shape index (κ3) is 7.14. The van der Waals surface area contributed by atoms with Crippen molar-refractivity contribution in [3.63, 3.8) is 0 Å². The lowest BCUT2D eigenvalue weighted by Crippen LogP contribution is -1.98. The van der Waals surface area contributed by atoms with Crippen molar-refractivity contribution in [3.05, 3.63) is 119 Å². The Morgan fingerprint density at radius 2 is 1.24 bits per heavy atom. The van der Waals surface area contributed by atoms with Gasteiger partial charge in [-0.3, -0.25) is 0 Å². The van der Waals surface area contributed by atoms with E-state index in [1.807, 2.05) is 25.6 Å². The Bertz CT molecular complexity index is 1630. The maximum absolute atomic E-state index is 2.48. The molecule has 0 saturated heterocycles. The predicted molar refractivity (Wildman–Crippen MR) is 189 cm³/mol. The first-order chi connectivity index (χ1) is 20.2. The van der Waals surface area contributed by atoms with Crippen LogP contribution in [0.1, 0.15) is 82.1 Å². The molecule has 0 N–H and O–H groups in total. The van der Waals surface area contributed by atoms with Gasteiger partial charge in [-0.25, -0.2) is 0 Å². The molecule has 0 aromatic heterocycles. The van der Waals surface area contributed by atoms with Gasteiger partial charge in [0.15, 0.2) is 0 Å². The molecule has 0 aliphatic carbocycles. The van der Waals surface area contributed by atoms with Crippen LogP contribution in [0.5, 0.6) is 0 Å². The van der Waals surface area contributed by atoms with Gasteiger partial charge in [0.1, 0.15) is 0 Å². The molecule has 5 aromatic rings. The Hall–Kier alpha value is -3.29. The fourth-order valence-corrected chi connectivity index (χ4v) is 6.45. The average Bonchev–Trinajstić information content (AvgIpc) is 3.03. The average molecular weight is 559 g/mol. The Kier molecular flexibility index (Phi) is 11.7. The van der Waals surface area contributed by atoms with Gasteiger partial charge >= 0.3 is 0 Å². The lowest BCUT2D eigenvalue weighted by molar-refractivity contribution is 0.721. The van der Waals surface area contributed by atoms with Crippen LogP contribution < -0.4 is 0 Å². The summed E-state index contributed by atoms with van der Waals surface area (Å²) in [5, 5.41) is 8.39. The summed E-state index contributed by atoms with van der Waals surface area (Å²) in [4.78, 5) is 1.30. The van der Waals surface area contributed by atoms with Gasteiger partial charge in [-0.2, -0.15) is 0 Å². The second kappa shape index (κ2) is 15.6. The Balaban J connectivity index is 0.00000189. The number of benzene rings is 5. The lowest BCUT2D eigenvalue weighted by Gasteiger charge is -2.18. The molecule has 0 radical (unpaired) electrons. The zero-order chi connectivity index (χ0) is 29.0. The van der Waals surface area contributed by atoms with Crippen molar-refractivity contribution >= 4 is 55.1 Å². The topological polar surface area (TPSA) is 0 Å². The van der Waals surface area contributed by atoms with E-state index in [-0.39, 0.29) is 0 Å². The molecule has 0 bridgehead atoms. The first-order valence-corrected chi connectivity index (χ1v) is 16.8. The molecule has 41 heavy (non-hydrogen) atoms. The van der Waals surface area contributed by atoms with Crippen LogP contribution in [0, 0.1) is 0 Å². The number of hydrogen-bond acceptors (Lipinski definition) is 1. The standard InChI is InChI=1S/C38H40S.C2H6/c1-4-6-8-21-35-34-23-12-11-22-33(34)32(19-7-5-2)36-26-25-30(27-37(35)36)38(39-3)24-14-18-29-17-13-16-28-15-9-10-20-31(28)29;1-2/h9-18,20,22-27H,4-8,19,21H2,1-3H3;1-2H3/b18-14+,38-24-;.